The van der Waals surface area contributed by atoms with Gasteiger partial charge in [-0.1, -0.05) is 0 Å². The van der Waals surface area contributed by atoms with Crippen molar-refractivity contribution >= 4 is 16.7 Å². The molecule has 0 atom stereocenters. The number of aromatic nitrogens is 1. The van der Waals surface area contributed by atoms with Crippen molar-refractivity contribution in [2.24, 2.45) is 0 Å². The summed E-state index contributed by atoms with van der Waals surface area (Å²) in [6.45, 7) is 1.82. The number of carbonyl (C=O) groups excluding carboxylic acids is 1. The van der Waals surface area contributed by atoms with Crippen LogP contribution in [0.15, 0.2) is 48.8 Å². The topological polar surface area (TPSA) is 60.5 Å². The average molecular weight is 462 g/mol. The lowest BCUT2D eigenvalue weighted by molar-refractivity contribution is -0.138. The predicted octanol–water partition coefficient (Wildman–Crippen LogP) is 5.27. The number of benzene rings is 2. The number of ether oxygens (including phenoxy) is 2. The van der Waals surface area contributed by atoms with Crippen molar-refractivity contribution < 1.29 is 31.8 Å². The zero-order valence-electron chi connectivity index (χ0n) is 17.8. The molecule has 1 N–H and O–H groups in total. The maximum atomic E-state index is 14.3. The summed E-state index contributed by atoms with van der Waals surface area (Å²) >= 11 is 0. The second kappa shape index (κ2) is 9.35. The fraction of sp³-hybridized carbons (Fsp3) is 0.333. The number of fused-ring (bicyclic) bond motifs is 1. The molecule has 0 spiro atoms. The van der Waals surface area contributed by atoms with E-state index in [0.717, 1.165) is 22.9 Å². The Morgan fingerprint density at radius 3 is 2.70 bits per heavy atom. The molecule has 0 radical (unpaired) electrons. The predicted molar refractivity (Wildman–Crippen MR) is 113 cm³/mol. The molecule has 1 fully saturated rings. The zero-order valence-corrected chi connectivity index (χ0v) is 17.8. The molecule has 3 aromatic rings. The van der Waals surface area contributed by atoms with E-state index >= 15 is 0 Å². The molecule has 0 saturated heterocycles. The number of pyridine rings is 1. The normalized spacial score (nSPS) is 18.1. The summed E-state index contributed by atoms with van der Waals surface area (Å²) < 4.78 is 64.6. The first kappa shape index (κ1) is 23.0. The fourth-order valence-corrected chi connectivity index (χ4v) is 3.88. The van der Waals surface area contributed by atoms with Crippen LogP contribution in [0, 0.1) is 5.82 Å². The Hall–Kier alpha value is -3.20. The van der Waals surface area contributed by atoms with Gasteiger partial charge in [-0.05, 0) is 61.5 Å². The molecule has 1 aromatic heterocycles. The Morgan fingerprint density at radius 2 is 1.97 bits per heavy atom. The number of nitrogens with zero attached hydrogens (tertiary/aromatic N) is 1. The molecule has 5 nitrogen and oxygen atoms in total. The average Bonchev–Trinajstić information content (AvgIpc) is 2.75. The Labute approximate surface area is 187 Å². The summed E-state index contributed by atoms with van der Waals surface area (Å²) in [7, 11) is 0. The molecule has 0 bridgehead atoms. The molecule has 0 unspecified atom stereocenters. The molecule has 0 aliphatic heterocycles. The van der Waals surface area contributed by atoms with Crippen LogP contribution in [0.5, 0.6) is 5.75 Å². The monoisotopic (exact) mass is 462 g/mol. The van der Waals surface area contributed by atoms with Gasteiger partial charge in [-0.15, -0.1) is 0 Å². The van der Waals surface area contributed by atoms with E-state index in [1.165, 1.54) is 19.1 Å². The van der Waals surface area contributed by atoms with Crippen molar-refractivity contribution in [3.05, 3.63) is 71.3 Å². The number of hydrogen-bond acceptors (Lipinski definition) is 5. The molecule has 2 aromatic carbocycles. The van der Waals surface area contributed by atoms with E-state index in [1.54, 1.807) is 24.5 Å². The van der Waals surface area contributed by atoms with E-state index in [4.69, 9.17) is 9.47 Å². The standard InChI is InChI=1S/C24H22F4N2O3/c1-2-32-23(31)19-11-16(4-5-21(19)24(26,27)28)33-17-9-15(10-17)30-13-20-18-7-8-29-12-14(18)3-6-22(20)25/h3-8,11-12,15,17,30H,2,9-10,13H2,1H3/t15-,17-. The number of hydrogen-bond donors (Lipinski definition) is 1. The minimum atomic E-state index is -4.68. The third kappa shape index (κ3) is 5.08. The summed E-state index contributed by atoms with van der Waals surface area (Å²) in [5, 5.41) is 4.94. The van der Waals surface area contributed by atoms with E-state index in [2.05, 4.69) is 10.3 Å². The van der Waals surface area contributed by atoms with Crippen LogP contribution in [0.4, 0.5) is 17.6 Å². The quantitative estimate of drug-likeness (QED) is 0.383. The molecule has 9 heteroatoms. The van der Waals surface area contributed by atoms with Crippen LogP contribution in [-0.4, -0.2) is 29.7 Å². The van der Waals surface area contributed by atoms with Gasteiger partial charge in [0.05, 0.1) is 17.7 Å². The molecule has 33 heavy (non-hydrogen) atoms. The molecular weight excluding hydrogens is 440 g/mol. The van der Waals surface area contributed by atoms with Crippen molar-refractivity contribution in [2.75, 3.05) is 6.61 Å². The fourth-order valence-electron chi connectivity index (χ4n) is 3.88. The van der Waals surface area contributed by atoms with E-state index < -0.39 is 23.3 Å². The number of halogens is 4. The molecular formula is C24H22F4N2O3. The van der Waals surface area contributed by atoms with Gasteiger partial charge in [0.15, 0.2) is 0 Å². The second-order valence-electron chi connectivity index (χ2n) is 7.84. The van der Waals surface area contributed by atoms with Crippen molar-refractivity contribution in [1.29, 1.82) is 0 Å². The Bertz CT molecular complexity index is 1160. The highest BCUT2D eigenvalue weighted by atomic mass is 19.4. The third-order valence-corrected chi connectivity index (χ3v) is 5.63. The van der Waals surface area contributed by atoms with Gasteiger partial charge in [0, 0.05) is 35.9 Å². The first-order valence-corrected chi connectivity index (χ1v) is 10.6. The van der Waals surface area contributed by atoms with Gasteiger partial charge in [-0.25, -0.2) is 9.18 Å². The molecule has 1 heterocycles. The van der Waals surface area contributed by atoms with Crippen molar-refractivity contribution in [1.82, 2.24) is 10.3 Å². The van der Waals surface area contributed by atoms with Gasteiger partial charge >= 0.3 is 12.1 Å². The van der Waals surface area contributed by atoms with Crippen LogP contribution in [0.25, 0.3) is 10.8 Å². The second-order valence-corrected chi connectivity index (χ2v) is 7.84. The summed E-state index contributed by atoms with van der Waals surface area (Å²) in [5.74, 6) is -1.18. The molecule has 174 valence electrons. The van der Waals surface area contributed by atoms with Gasteiger partial charge in [0.1, 0.15) is 17.7 Å². The van der Waals surface area contributed by atoms with Gasteiger partial charge in [0.2, 0.25) is 0 Å². The van der Waals surface area contributed by atoms with Crippen LogP contribution in [0.2, 0.25) is 0 Å². The lowest BCUT2D eigenvalue weighted by Crippen LogP contribution is -2.46. The van der Waals surface area contributed by atoms with E-state index in [1.807, 2.05) is 0 Å². The maximum absolute atomic E-state index is 14.3. The molecule has 1 aliphatic rings. The van der Waals surface area contributed by atoms with Crippen LogP contribution >= 0.6 is 0 Å². The number of carbonyl (C=O) groups is 1. The SMILES string of the molecule is CCOC(=O)c1cc(O[C@H]2C[C@H](NCc3c(F)ccc4cnccc34)C2)ccc1C(F)(F)F. The van der Waals surface area contributed by atoms with Crippen LogP contribution in [0.1, 0.15) is 41.3 Å². The number of nitrogens with one attached hydrogen (secondary N) is 1. The van der Waals surface area contributed by atoms with Crippen LogP contribution in [-0.2, 0) is 17.5 Å². The van der Waals surface area contributed by atoms with Gasteiger partial charge in [-0.2, -0.15) is 13.2 Å². The number of alkyl halides is 3. The molecule has 1 saturated carbocycles. The largest absolute Gasteiger partial charge is 0.490 e. The number of esters is 1. The Balaban J connectivity index is 1.37. The van der Waals surface area contributed by atoms with Crippen molar-refractivity contribution in [2.45, 2.75) is 44.6 Å². The third-order valence-electron chi connectivity index (χ3n) is 5.63. The Morgan fingerprint density at radius 1 is 1.18 bits per heavy atom. The van der Waals surface area contributed by atoms with E-state index in [9.17, 15) is 22.4 Å². The van der Waals surface area contributed by atoms with Crippen LogP contribution in [0.3, 0.4) is 0 Å². The van der Waals surface area contributed by atoms with Gasteiger partial charge in [-0.3, -0.25) is 4.98 Å². The molecule has 0 amide bonds. The Kier molecular flexibility index (Phi) is 6.51. The molecule has 1 aliphatic carbocycles. The minimum absolute atomic E-state index is 0.0367. The van der Waals surface area contributed by atoms with E-state index in [-0.39, 0.29) is 30.3 Å². The highest BCUT2D eigenvalue weighted by molar-refractivity contribution is 5.92. The van der Waals surface area contributed by atoms with Crippen molar-refractivity contribution in [3.63, 3.8) is 0 Å². The van der Waals surface area contributed by atoms with Crippen LogP contribution < -0.4 is 10.1 Å². The summed E-state index contributed by atoms with van der Waals surface area (Å²) in [6.07, 6.45) is -0.407. The lowest BCUT2D eigenvalue weighted by Gasteiger charge is -2.36. The first-order valence-electron chi connectivity index (χ1n) is 10.6. The number of rotatable bonds is 7. The summed E-state index contributed by atoms with van der Waals surface area (Å²) in [5.41, 5.74) is -1.08. The summed E-state index contributed by atoms with van der Waals surface area (Å²) in [4.78, 5) is 16.1. The first-order chi connectivity index (χ1) is 15.8. The minimum Gasteiger partial charge on any atom is -0.490 e. The summed E-state index contributed by atoms with van der Waals surface area (Å²) in [6, 6.07) is 8.04. The van der Waals surface area contributed by atoms with E-state index in [0.29, 0.717) is 24.9 Å². The van der Waals surface area contributed by atoms with Crippen molar-refractivity contribution in [3.8, 4) is 5.75 Å². The smallest absolute Gasteiger partial charge is 0.417 e. The lowest BCUT2D eigenvalue weighted by atomic mass is 9.89. The van der Waals surface area contributed by atoms with Gasteiger partial charge in [0.25, 0.3) is 0 Å². The zero-order chi connectivity index (χ0) is 23.6. The molecule has 4 rings (SSSR count). The highest BCUT2D eigenvalue weighted by Gasteiger charge is 2.37. The highest BCUT2D eigenvalue weighted by Crippen LogP contribution is 2.35. The van der Waals surface area contributed by atoms with Gasteiger partial charge < -0.3 is 14.8 Å². The maximum Gasteiger partial charge on any atom is 0.417 e.